The molecule has 0 bridgehead atoms. The first-order valence-corrected chi connectivity index (χ1v) is 6.53. The zero-order chi connectivity index (χ0) is 11.4. The lowest BCUT2D eigenvalue weighted by Crippen LogP contribution is -2.10. The van der Waals surface area contributed by atoms with E-state index in [0.717, 1.165) is 13.0 Å². The van der Waals surface area contributed by atoms with Crippen molar-refractivity contribution in [1.29, 1.82) is 0 Å². The molecule has 0 rings (SSSR count). The van der Waals surface area contributed by atoms with Crippen molar-refractivity contribution in [2.45, 2.75) is 71.3 Å². The van der Waals surface area contributed by atoms with Gasteiger partial charge in [0.1, 0.15) is 0 Å². The summed E-state index contributed by atoms with van der Waals surface area (Å²) in [5.74, 6) is 0. The first-order chi connectivity index (χ1) is 7.27. The van der Waals surface area contributed by atoms with Gasteiger partial charge >= 0.3 is 0 Å². The van der Waals surface area contributed by atoms with Crippen molar-refractivity contribution in [2.75, 3.05) is 13.2 Å². The van der Waals surface area contributed by atoms with E-state index in [-0.39, 0.29) is 6.10 Å². The summed E-state index contributed by atoms with van der Waals surface area (Å²) in [5, 5.41) is 8.95. The summed E-state index contributed by atoms with van der Waals surface area (Å²) in [5.41, 5.74) is 0. The summed E-state index contributed by atoms with van der Waals surface area (Å²) in [6.07, 6.45) is 10.3. The molecule has 1 N–H and O–H groups in total. The van der Waals surface area contributed by atoms with E-state index in [9.17, 15) is 0 Å². The maximum Gasteiger partial charge on any atom is 0.0745 e. The lowest BCUT2D eigenvalue weighted by atomic mass is 10.1. The predicted octanol–water partition coefficient (Wildman–Crippen LogP) is 3.52. The number of hydrogen-bond acceptors (Lipinski definition) is 2. The van der Waals surface area contributed by atoms with Crippen LogP contribution >= 0.6 is 0 Å². The van der Waals surface area contributed by atoms with E-state index in [2.05, 4.69) is 6.92 Å². The molecule has 0 amide bonds. The summed E-state index contributed by atoms with van der Waals surface area (Å²) in [6, 6.07) is 0. The van der Waals surface area contributed by atoms with Gasteiger partial charge in [-0.25, -0.2) is 0 Å². The van der Waals surface area contributed by atoms with Crippen LogP contribution in [0.15, 0.2) is 0 Å². The van der Waals surface area contributed by atoms with Gasteiger partial charge in [-0.1, -0.05) is 51.9 Å². The first-order valence-electron chi connectivity index (χ1n) is 6.53. The second kappa shape index (κ2) is 12.0. The van der Waals surface area contributed by atoms with Gasteiger partial charge < -0.3 is 9.84 Å². The maximum absolute atomic E-state index is 8.95. The third-order valence-corrected chi connectivity index (χ3v) is 2.50. The monoisotopic (exact) mass is 216 g/mol. The molecule has 0 fully saturated rings. The lowest BCUT2D eigenvalue weighted by Gasteiger charge is -2.05. The summed E-state index contributed by atoms with van der Waals surface area (Å²) in [4.78, 5) is 0. The molecule has 2 nitrogen and oxygen atoms in total. The second-order valence-corrected chi connectivity index (χ2v) is 4.40. The van der Waals surface area contributed by atoms with Crippen LogP contribution in [0.5, 0.6) is 0 Å². The number of rotatable bonds is 11. The normalized spacial score (nSPS) is 13.0. The minimum Gasteiger partial charge on any atom is -0.391 e. The zero-order valence-corrected chi connectivity index (χ0v) is 10.5. The minimum atomic E-state index is -0.320. The number of aliphatic hydroxyl groups is 1. The largest absolute Gasteiger partial charge is 0.391 e. The van der Waals surface area contributed by atoms with Crippen LogP contribution in [0, 0.1) is 0 Å². The number of hydrogen-bond donors (Lipinski definition) is 1. The fourth-order valence-electron chi connectivity index (χ4n) is 1.59. The van der Waals surface area contributed by atoms with Crippen molar-refractivity contribution in [2.24, 2.45) is 0 Å². The van der Waals surface area contributed by atoms with Crippen molar-refractivity contribution in [1.82, 2.24) is 0 Å². The van der Waals surface area contributed by atoms with Gasteiger partial charge in [0, 0.05) is 6.61 Å². The van der Waals surface area contributed by atoms with Gasteiger partial charge in [-0.3, -0.25) is 0 Å². The van der Waals surface area contributed by atoms with Crippen LogP contribution in [0.3, 0.4) is 0 Å². The molecule has 1 atom stereocenters. The van der Waals surface area contributed by atoms with Gasteiger partial charge in [0.2, 0.25) is 0 Å². The molecule has 0 spiro atoms. The van der Waals surface area contributed by atoms with E-state index in [1.807, 2.05) is 0 Å². The summed E-state index contributed by atoms with van der Waals surface area (Å²) in [7, 11) is 0. The third kappa shape index (κ3) is 13.9. The maximum atomic E-state index is 8.95. The van der Waals surface area contributed by atoms with Crippen LogP contribution in [0.25, 0.3) is 0 Å². The second-order valence-electron chi connectivity index (χ2n) is 4.40. The Hall–Kier alpha value is -0.0800. The third-order valence-electron chi connectivity index (χ3n) is 2.50. The highest BCUT2D eigenvalue weighted by atomic mass is 16.5. The van der Waals surface area contributed by atoms with E-state index in [1.54, 1.807) is 6.92 Å². The van der Waals surface area contributed by atoms with E-state index in [1.165, 1.54) is 44.9 Å². The molecule has 0 aromatic heterocycles. The Morgan fingerprint density at radius 2 is 1.47 bits per heavy atom. The number of ether oxygens (including phenoxy) is 1. The zero-order valence-electron chi connectivity index (χ0n) is 10.5. The van der Waals surface area contributed by atoms with Crippen molar-refractivity contribution in [3.63, 3.8) is 0 Å². The molecule has 0 aliphatic rings. The van der Waals surface area contributed by atoms with Gasteiger partial charge in [0.05, 0.1) is 12.7 Å². The Bertz CT molecular complexity index is 113. The number of unbranched alkanes of at least 4 members (excludes halogenated alkanes) is 7. The first kappa shape index (κ1) is 14.9. The van der Waals surface area contributed by atoms with E-state index < -0.39 is 0 Å². The van der Waals surface area contributed by atoms with Gasteiger partial charge in [0.15, 0.2) is 0 Å². The van der Waals surface area contributed by atoms with Crippen molar-refractivity contribution >= 4 is 0 Å². The Kier molecular flexibility index (Phi) is 11.9. The van der Waals surface area contributed by atoms with Crippen LogP contribution in [0.4, 0.5) is 0 Å². The van der Waals surface area contributed by atoms with E-state index in [0.29, 0.717) is 6.61 Å². The molecular formula is C13H28O2. The molecule has 0 aliphatic carbocycles. The fraction of sp³-hybridized carbons (Fsp3) is 1.00. The summed E-state index contributed by atoms with van der Waals surface area (Å²) < 4.78 is 5.29. The van der Waals surface area contributed by atoms with Gasteiger partial charge in [-0.15, -0.1) is 0 Å². The lowest BCUT2D eigenvalue weighted by molar-refractivity contribution is 0.0445. The minimum absolute atomic E-state index is 0.320. The molecule has 0 heterocycles. The Morgan fingerprint density at radius 1 is 0.933 bits per heavy atom. The molecule has 0 saturated carbocycles. The highest BCUT2D eigenvalue weighted by molar-refractivity contribution is 4.46. The molecule has 92 valence electrons. The molecule has 2 heteroatoms. The molecule has 0 aromatic rings. The SMILES string of the molecule is CCCCCCCCCCOC[C@@H](C)O. The molecular weight excluding hydrogens is 188 g/mol. The number of aliphatic hydroxyl groups excluding tert-OH is 1. The van der Waals surface area contributed by atoms with Crippen LogP contribution in [-0.2, 0) is 4.74 Å². The van der Waals surface area contributed by atoms with Crippen molar-refractivity contribution < 1.29 is 9.84 Å². The Labute approximate surface area is 95.0 Å². The highest BCUT2D eigenvalue weighted by Gasteiger charge is 1.95. The van der Waals surface area contributed by atoms with Gasteiger partial charge in [-0.05, 0) is 13.3 Å². The van der Waals surface area contributed by atoms with Crippen molar-refractivity contribution in [3.8, 4) is 0 Å². The van der Waals surface area contributed by atoms with Gasteiger partial charge in [-0.2, -0.15) is 0 Å². The Morgan fingerprint density at radius 3 is 2.00 bits per heavy atom. The molecule has 0 saturated heterocycles. The topological polar surface area (TPSA) is 29.5 Å². The highest BCUT2D eigenvalue weighted by Crippen LogP contribution is 2.08. The molecule has 0 aromatic carbocycles. The van der Waals surface area contributed by atoms with Crippen molar-refractivity contribution in [3.05, 3.63) is 0 Å². The average Bonchev–Trinajstić information content (AvgIpc) is 2.20. The van der Waals surface area contributed by atoms with Crippen LogP contribution in [0.2, 0.25) is 0 Å². The summed E-state index contributed by atoms with van der Waals surface area (Å²) in [6.45, 7) is 5.30. The quantitative estimate of drug-likeness (QED) is 0.535. The molecule has 0 aliphatic heterocycles. The van der Waals surface area contributed by atoms with Crippen LogP contribution in [-0.4, -0.2) is 24.4 Å². The van der Waals surface area contributed by atoms with E-state index in [4.69, 9.17) is 9.84 Å². The predicted molar refractivity (Wildman–Crippen MR) is 65.1 cm³/mol. The van der Waals surface area contributed by atoms with Gasteiger partial charge in [0.25, 0.3) is 0 Å². The fourth-order valence-corrected chi connectivity index (χ4v) is 1.59. The van der Waals surface area contributed by atoms with E-state index >= 15 is 0 Å². The molecule has 15 heavy (non-hydrogen) atoms. The van der Waals surface area contributed by atoms with Crippen LogP contribution in [0.1, 0.15) is 65.2 Å². The standard InChI is InChI=1S/C13H28O2/c1-3-4-5-6-7-8-9-10-11-15-12-13(2)14/h13-14H,3-12H2,1-2H3/t13-/m1/s1. The molecule has 0 radical (unpaired) electrons. The van der Waals surface area contributed by atoms with Crippen LogP contribution < -0.4 is 0 Å². The Balaban J connectivity index is 2.87. The smallest absolute Gasteiger partial charge is 0.0745 e. The summed E-state index contributed by atoms with van der Waals surface area (Å²) >= 11 is 0. The average molecular weight is 216 g/mol. The molecule has 0 unspecified atom stereocenters.